The van der Waals surface area contributed by atoms with Gasteiger partial charge in [-0.15, -0.1) is 0 Å². The zero-order valence-electron chi connectivity index (χ0n) is 14.3. The second kappa shape index (κ2) is 5.03. The number of alkyl carbamates (subject to hydrolysis) is 1. The molecule has 0 radical (unpaired) electrons. The van der Waals surface area contributed by atoms with Gasteiger partial charge in [0.1, 0.15) is 23.4 Å². The van der Waals surface area contributed by atoms with Crippen molar-refractivity contribution in [1.82, 2.24) is 5.32 Å². The lowest BCUT2D eigenvalue weighted by atomic mass is 9.82. The van der Waals surface area contributed by atoms with Gasteiger partial charge in [0.15, 0.2) is 11.5 Å². The molecule has 4 aliphatic rings. The Morgan fingerprint density at radius 3 is 2.43 bits per heavy atom. The molecule has 1 unspecified atom stereocenters. The zero-order valence-corrected chi connectivity index (χ0v) is 14.3. The lowest BCUT2D eigenvalue weighted by Crippen LogP contribution is -2.78. The van der Waals surface area contributed by atoms with Crippen molar-refractivity contribution in [2.75, 3.05) is 19.8 Å². The van der Waals surface area contributed by atoms with Crippen LogP contribution >= 0.6 is 0 Å². The second-order valence-corrected chi connectivity index (χ2v) is 7.93. The van der Waals surface area contributed by atoms with Crippen molar-refractivity contribution in [3.05, 3.63) is 0 Å². The van der Waals surface area contributed by atoms with Crippen LogP contribution in [0, 0.1) is 0 Å². The van der Waals surface area contributed by atoms with Crippen LogP contribution in [0.2, 0.25) is 0 Å². The average Bonchev–Trinajstić information content (AvgIpc) is 2.74. The van der Waals surface area contributed by atoms with Crippen LogP contribution in [0.3, 0.4) is 0 Å². The van der Waals surface area contributed by atoms with E-state index in [2.05, 4.69) is 5.32 Å². The molecule has 0 saturated carbocycles. The molecule has 4 rings (SSSR count). The Hall–Kier alpha value is -0.930. The first-order valence-corrected chi connectivity index (χ1v) is 7.84. The van der Waals surface area contributed by atoms with Gasteiger partial charge in [-0.05, 0) is 34.6 Å². The summed E-state index contributed by atoms with van der Waals surface area (Å²) in [6.45, 7) is 9.66. The van der Waals surface area contributed by atoms with Gasteiger partial charge in [-0.1, -0.05) is 0 Å². The molecule has 4 heterocycles. The van der Waals surface area contributed by atoms with Crippen molar-refractivity contribution < 1.29 is 28.5 Å². The minimum atomic E-state index is -1.02. The van der Waals surface area contributed by atoms with Gasteiger partial charge in [-0.3, -0.25) is 5.73 Å². The molecular formula is C15H26N2O6. The molecule has 4 aliphatic heterocycles. The number of nitrogens with two attached hydrogens (primary N) is 1. The molecule has 2 bridgehead atoms. The highest BCUT2D eigenvalue weighted by molar-refractivity contribution is 5.67. The summed E-state index contributed by atoms with van der Waals surface area (Å²) in [5, 5.41) is 2.74. The average molecular weight is 330 g/mol. The van der Waals surface area contributed by atoms with Gasteiger partial charge in [-0.25, -0.2) is 4.79 Å². The van der Waals surface area contributed by atoms with E-state index in [-0.39, 0.29) is 19.8 Å². The fourth-order valence-corrected chi connectivity index (χ4v) is 3.17. The molecule has 4 fully saturated rings. The first-order valence-electron chi connectivity index (χ1n) is 7.84. The summed E-state index contributed by atoms with van der Waals surface area (Å²) in [6.07, 6.45) is -1.37. The van der Waals surface area contributed by atoms with Gasteiger partial charge in [0.25, 0.3) is 0 Å². The quantitative estimate of drug-likeness (QED) is 0.759. The topological polar surface area (TPSA) is 101 Å². The van der Waals surface area contributed by atoms with Gasteiger partial charge >= 0.3 is 6.09 Å². The maximum absolute atomic E-state index is 11.9. The monoisotopic (exact) mass is 330 g/mol. The molecule has 132 valence electrons. The molecule has 3 N–H and O–H groups in total. The molecule has 1 amide bonds. The highest BCUT2D eigenvalue weighted by atomic mass is 16.8. The van der Waals surface area contributed by atoms with Gasteiger partial charge in [0.2, 0.25) is 0 Å². The number of rotatable bonds is 2. The van der Waals surface area contributed by atoms with Crippen LogP contribution in [0.25, 0.3) is 0 Å². The molecule has 0 aromatic carbocycles. The SMILES string of the molecule is CC(C)(C)OC(=O)NC[C@@]12COC(N)(CO1)[C@H]1OC(C)(C)O[C@H]12. The molecule has 0 aromatic heterocycles. The number of amides is 1. The van der Waals surface area contributed by atoms with E-state index in [0.29, 0.717) is 0 Å². The molecule has 0 aromatic rings. The molecule has 0 spiro atoms. The van der Waals surface area contributed by atoms with Crippen molar-refractivity contribution in [2.45, 2.75) is 69.5 Å². The highest BCUT2D eigenvalue weighted by Gasteiger charge is 2.68. The molecule has 4 saturated heterocycles. The maximum atomic E-state index is 11.9. The zero-order chi connectivity index (χ0) is 17.1. The Balaban J connectivity index is 1.72. The summed E-state index contributed by atoms with van der Waals surface area (Å²) < 4.78 is 28.8. The minimum absolute atomic E-state index is 0.184. The Morgan fingerprint density at radius 1 is 1.22 bits per heavy atom. The number of nitrogens with one attached hydrogen (secondary N) is 1. The van der Waals surface area contributed by atoms with Crippen LogP contribution in [0.15, 0.2) is 0 Å². The third-order valence-electron chi connectivity index (χ3n) is 4.20. The van der Waals surface area contributed by atoms with E-state index >= 15 is 0 Å². The normalized spacial score (nSPS) is 41.5. The smallest absolute Gasteiger partial charge is 0.407 e. The lowest BCUT2D eigenvalue weighted by Gasteiger charge is -2.55. The molecule has 4 atom stereocenters. The van der Waals surface area contributed by atoms with E-state index in [1.807, 2.05) is 13.8 Å². The fourth-order valence-electron chi connectivity index (χ4n) is 3.17. The summed E-state index contributed by atoms with van der Waals surface area (Å²) in [4.78, 5) is 11.9. The van der Waals surface area contributed by atoms with Gasteiger partial charge in [0, 0.05) is 0 Å². The first kappa shape index (κ1) is 16.9. The van der Waals surface area contributed by atoms with Crippen molar-refractivity contribution >= 4 is 6.09 Å². The van der Waals surface area contributed by atoms with E-state index in [4.69, 9.17) is 29.4 Å². The third kappa shape index (κ3) is 3.06. The number of hydrogen-bond acceptors (Lipinski definition) is 7. The second-order valence-electron chi connectivity index (χ2n) is 7.93. The van der Waals surface area contributed by atoms with Crippen molar-refractivity contribution in [1.29, 1.82) is 0 Å². The summed E-state index contributed by atoms with van der Waals surface area (Å²) >= 11 is 0. The lowest BCUT2D eigenvalue weighted by molar-refractivity contribution is -0.327. The molecular weight excluding hydrogens is 304 g/mol. The standard InChI is InChI=1S/C15H26N2O6/c1-12(2,3)23-11(18)17-6-14-7-20-15(16,8-19-14)10-9(14)21-13(4,5)22-10/h9-10H,6-8,16H2,1-5H3,(H,17,18)/t9-,10+,14+,15?/m1/s1. The Kier molecular flexibility index (Phi) is 3.70. The van der Waals surface area contributed by atoms with E-state index in [1.54, 1.807) is 20.8 Å². The summed E-state index contributed by atoms with van der Waals surface area (Å²) in [6, 6.07) is 0. The Morgan fingerprint density at radius 2 is 1.87 bits per heavy atom. The molecule has 23 heavy (non-hydrogen) atoms. The highest BCUT2D eigenvalue weighted by Crippen LogP contribution is 2.47. The van der Waals surface area contributed by atoms with E-state index in [0.717, 1.165) is 0 Å². The van der Waals surface area contributed by atoms with E-state index in [9.17, 15) is 4.79 Å². The fraction of sp³-hybridized carbons (Fsp3) is 0.933. The minimum Gasteiger partial charge on any atom is -0.444 e. The van der Waals surface area contributed by atoms with Crippen LogP contribution in [0.5, 0.6) is 0 Å². The number of ether oxygens (including phenoxy) is 5. The number of fused-ring (bicyclic) bond motifs is 2. The molecule has 0 aliphatic carbocycles. The van der Waals surface area contributed by atoms with Crippen molar-refractivity contribution in [3.63, 3.8) is 0 Å². The van der Waals surface area contributed by atoms with Gasteiger partial charge in [0.05, 0.1) is 19.8 Å². The van der Waals surface area contributed by atoms with Crippen LogP contribution in [0.1, 0.15) is 34.6 Å². The molecule has 8 nitrogen and oxygen atoms in total. The number of hydrogen-bond donors (Lipinski definition) is 2. The van der Waals surface area contributed by atoms with Gasteiger partial charge < -0.3 is 29.0 Å². The maximum Gasteiger partial charge on any atom is 0.407 e. The largest absolute Gasteiger partial charge is 0.444 e. The summed E-state index contributed by atoms with van der Waals surface area (Å²) in [5.74, 6) is -0.779. The Bertz CT molecular complexity index is 493. The predicted octanol–water partition coefficient (Wildman–Crippen LogP) is 0.485. The van der Waals surface area contributed by atoms with Gasteiger partial charge in [-0.2, -0.15) is 0 Å². The van der Waals surface area contributed by atoms with Crippen LogP contribution < -0.4 is 11.1 Å². The predicted molar refractivity (Wildman–Crippen MR) is 79.6 cm³/mol. The Labute approximate surface area is 135 Å². The third-order valence-corrected chi connectivity index (χ3v) is 4.20. The first-order chi connectivity index (χ1) is 10.4. The number of carbonyl (C=O) groups excluding carboxylic acids is 1. The summed E-state index contributed by atoms with van der Waals surface area (Å²) in [7, 11) is 0. The number of carbonyl (C=O) groups is 1. The van der Waals surface area contributed by atoms with E-state index < -0.39 is 41.0 Å². The summed E-state index contributed by atoms with van der Waals surface area (Å²) in [5.41, 5.74) is 3.81. The van der Waals surface area contributed by atoms with Crippen molar-refractivity contribution in [2.24, 2.45) is 5.73 Å². The van der Waals surface area contributed by atoms with E-state index in [1.165, 1.54) is 0 Å². The van der Waals surface area contributed by atoms with Crippen molar-refractivity contribution in [3.8, 4) is 0 Å². The van der Waals surface area contributed by atoms with Crippen LogP contribution in [0.4, 0.5) is 4.79 Å². The van der Waals surface area contributed by atoms with Crippen LogP contribution in [-0.2, 0) is 23.7 Å². The van der Waals surface area contributed by atoms with Crippen LogP contribution in [-0.4, -0.2) is 60.8 Å². The molecule has 8 heteroatoms.